The van der Waals surface area contributed by atoms with Gasteiger partial charge in [-0.2, -0.15) is 0 Å². The van der Waals surface area contributed by atoms with Crippen molar-refractivity contribution < 1.29 is 24.2 Å². The fraction of sp³-hybridized carbons (Fsp3) is 0.333. The molecule has 158 valence electrons. The standard InChI is InChI=1S/C24H27NO5/c1-3-29-22-16-18(11-12-21(22)26)15-20(19-9-5-4-6-10-19)24(28)30-17(2)23(27)25-13-7-8-14-25/h4-6,9-12,15-17,26H,3,7-8,13-14H2,1-2H3/b20-15+/t17-/m1/s1. The Morgan fingerprint density at radius 1 is 1.13 bits per heavy atom. The summed E-state index contributed by atoms with van der Waals surface area (Å²) < 4.78 is 11.0. The van der Waals surface area contributed by atoms with E-state index in [0.29, 0.717) is 42.1 Å². The molecule has 1 fully saturated rings. The molecule has 0 unspecified atom stereocenters. The summed E-state index contributed by atoms with van der Waals surface area (Å²) >= 11 is 0. The summed E-state index contributed by atoms with van der Waals surface area (Å²) in [4.78, 5) is 27.3. The van der Waals surface area contributed by atoms with Crippen LogP contribution in [0.15, 0.2) is 48.5 Å². The molecular weight excluding hydrogens is 382 g/mol. The lowest BCUT2D eigenvalue weighted by Gasteiger charge is -2.21. The molecule has 0 spiro atoms. The van der Waals surface area contributed by atoms with Crippen molar-refractivity contribution in [1.82, 2.24) is 4.90 Å². The third-order valence-electron chi connectivity index (χ3n) is 4.95. The van der Waals surface area contributed by atoms with Crippen LogP contribution in [0.4, 0.5) is 0 Å². The summed E-state index contributed by atoms with van der Waals surface area (Å²) in [6.45, 7) is 5.25. The van der Waals surface area contributed by atoms with Crippen molar-refractivity contribution in [3.63, 3.8) is 0 Å². The van der Waals surface area contributed by atoms with Crippen molar-refractivity contribution >= 4 is 23.5 Å². The molecule has 1 aliphatic heterocycles. The number of hydrogen-bond donors (Lipinski definition) is 1. The van der Waals surface area contributed by atoms with Gasteiger partial charge in [-0.05, 0) is 56.0 Å². The minimum absolute atomic E-state index is 0.0302. The number of phenolic OH excluding ortho intramolecular Hbond substituents is 1. The van der Waals surface area contributed by atoms with Gasteiger partial charge in [0.2, 0.25) is 0 Å². The zero-order chi connectivity index (χ0) is 21.5. The van der Waals surface area contributed by atoms with Crippen molar-refractivity contribution in [3.8, 4) is 11.5 Å². The maximum atomic E-state index is 13.0. The van der Waals surface area contributed by atoms with Gasteiger partial charge in [-0.1, -0.05) is 36.4 Å². The Morgan fingerprint density at radius 2 is 1.83 bits per heavy atom. The van der Waals surface area contributed by atoms with Crippen LogP contribution >= 0.6 is 0 Å². The molecule has 1 heterocycles. The number of carbonyl (C=O) groups excluding carboxylic acids is 2. The van der Waals surface area contributed by atoms with Gasteiger partial charge in [0.05, 0.1) is 12.2 Å². The van der Waals surface area contributed by atoms with Crippen LogP contribution in [0.1, 0.15) is 37.8 Å². The van der Waals surface area contributed by atoms with Crippen molar-refractivity contribution in [2.24, 2.45) is 0 Å². The number of hydrogen-bond acceptors (Lipinski definition) is 5. The quantitative estimate of drug-likeness (QED) is 0.427. The van der Waals surface area contributed by atoms with E-state index in [2.05, 4.69) is 0 Å². The first kappa shape index (κ1) is 21.4. The maximum absolute atomic E-state index is 13.0. The lowest BCUT2D eigenvalue weighted by atomic mass is 10.0. The van der Waals surface area contributed by atoms with E-state index in [4.69, 9.17) is 9.47 Å². The Kier molecular flexibility index (Phi) is 7.12. The minimum Gasteiger partial charge on any atom is -0.504 e. The number of carbonyl (C=O) groups is 2. The second-order valence-corrected chi connectivity index (χ2v) is 7.16. The first-order chi connectivity index (χ1) is 14.5. The van der Waals surface area contributed by atoms with Crippen LogP contribution in [-0.2, 0) is 14.3 Å². The van der Waals surface area contributed by atoms with E-state index in [1.165, 1.54) is 6.07 Å². The number of esters is 1. The third kappa shape index (κ3) is 5.20. The topological polar surface area (TPSA) is 76.1 Å². The van der Waals surface area contributed by atoms with Crippen molar-refractivity contribution in [2.75, 3.05) is 19.7 Å². The monoisotopic (exact) mass is 409 g/mol. The van der Waals surface area contributed by atoms with E-state index in [0.717, 1.165) is 12.8 Å². The highest BCUT2D eigenvalue weighted by Crippen LogP contribution is 2.29. The Balaban J connectivity index is 1.87. The molecule has 0 bridgehead atoms. The zero-order valence-electron chi connectivity index (χ0n) is 17.3. The van der Waals surface area contributed by atoms with E-state index in [1.807, 2.05) is 37.3 Å². The molecule has 0 aliphatic carbocycles. The summed E-state index contributed by atoms with van der Waals surface area (Å²) in [6, 6.07) is 14.0. The van der Waals surface area contributed by atoms with Crippen molar-refractivity contribution in [1.29, 1.82) is 0 Å². The Bertz CT molecular complexity index is 916. The third-order valence-corrected chi connectivity index (χ3v) is 4.95. The predicted molar refractivity (Wildman–Crippen MR) is 115 cm³/mol. The molecule has 1 amide bonds. The Labute approximate surface area is 176 Å². The fourth-order valence-electron chi connectivity index (χ4n) is 3.41. The van der Waals surface area contributed by atoms with Crippen LogP contribution in [0, 0.1) is 0 Å². The summed E-state index contributed by atoms with van der Waals surface area (Å²) in [7, 11) is 0. The van der Waals surface area contributed by atoms with E-state index in [-0.39, 0.29) is 11.7 Å². The van der Waals surface area contributed by atoms with Gasteiger partial charge < -0.3 is 19.5 Å². The second kappa shape index (κ2) is 9.96. The van der Waals surface area contributed by atoms with Gasteiger partial charge in [0.15, 0.2) is 17.6 Å². The van der Waals surface area contributed by atoms with E-state index >= 15 is 0 Å². The van der Waals surface area contributed by atoms with Gasteiger partial charge in [0.25, 0.3) is 5.91 Å². The smallest absolute Gasteiger partial charge is 0.339 e. The second-order valence-electron chi connectivity index (χ2n) is 7.16. The number of aromatic hydroxyl groups is 1. The average Bonchev–Trinajstić information content (AvgIpc) is 3.29. The van der Waals surface area contributed by atoms with Crippen molar-refractivity contribution in [2.45, 2.75) is 32.8 Å². The van der Waals surface area contributed by atoms with Crippen LogP contribution in [0.25, 0.3) is 11.6 Å². The van der Waals surface area contributed by atoms with E-state index in [1.54, 1.807) is 30.0 Å². The number of nitrogens with zero attached hydrogens (tertiary/aromatic N) is 1. The molecule has 2 aromatic carbocycles. The van der Waals surface area contributed by atoms with E-state index < -0.39 is 12.1 Å². The first-order valence-electron chi connectivity index (χ1n) is 10.2. The molecule has 3 rings (SSSR count). The van der Waals surface area contributed by atoms with Gasteiger partial charge in [-0.15, -0.1) is 0 Å². The highest BCUT2D eigenvalue weighted by Gasteiger charge is 2.27. The highest BCUT2D eigenvalue weighted by molar-refractivity contribution is 6.22. The molecule has 1 aliphatic rings. The van der Waals surface area contributed by atoms with Crippen LogP contribution in [-0.4, -0.2) is 47.7 Å². The molecule has 6 heteroatoms. The highest BCUT2D eigenvalue weighted by atomic mass is 16.5. The summed E-state index contributed by atoms with van der Waals surface area (Å²) in [6.07, 6.45) is 2.77. The van der Waals surface area contributed by atoms with Gasteiger partial charge in [-0.25, -0.2) is 4.79 Å². The molecule has 1 atom stereocenters. The van der Waals surface area contributed by atoms with Crippen molar-refractivity contribution in [3.05, 3.63) is 59.7 Å². The number of amides is 1. The molecule has 0 saturated carbocycles. The molecule has 1 saturated heterocycles. The normalized spacial score (nSPS) is 15.0. The fourth-order valence-corrected chi connectivity index (χ4v) is 3.41. The van der Waals surface area contributed by atoms with Crippen LogP contribution in [0.3, 0.4) is 0 Å². The minimum atomic E-state index is -0.860. The molecule has 0 aromatic heterocycles. The molecule has 6 nitrogen and oxygen atoms in total. The number of benzene rings is 2. The summed E-state index contributed by atoms with van der Waals surface area (Å²) in [5.74, 6) is -0.379. The van der Waals surface area contributed by atoms with Crippen LogP contribution in [0.2, 0.25) is 0 Å². The summed E-state index contributed by atoms with van der Waals surface area (Å²) in [5.41, 5.74) is 1.67. The molecule has 0 radical (unpaired) electrons. The number of likely N-dealkylation sites (tertiary alicyclic amines) is 1. The Hall–Kier alpha value is -3.28. The van der Waals surface area contributed by atoms with Gasteiger partial charge in [0.1, 0.15) is 0 Å². The molecule has 2 aromatic rings. The largest absolute Gasteiger partial charge is 0.504 e. The first-order valence-corrected chi connectivity index (χ1v) is 10.2. The molecule has 30 heavy (non-hydrogen) atoms. The van der Waals surface area contributed by atoms with Crippen LogP contribution < -0.4 is 4.74 Å². The molecule has 1 N–H and O–H groups in total. The van der Waals surface area contributed by atoms with Gasteiger partial charge in [0, 0.05) is 13.1 Å². The number of ether oxygens (including phenoxy) is 2. The van der Waals surface area contributed by atoms with Crippen LogP contribution in [0.5, 0.6) is 11.5 Å². The SMILES string of the molecule is CCOc1cc(/C=C(/C(=O)O[C@H](C)C(=O)N2CCCC2)c2ccccc2)ccc1O. The predicted octanol–water partition coefficient (Wildman–Crippen LogP) is 3.89. The molecular formula is C24H27NO5. The number of rotatable bonds is 7. The maximum Gasteiger partial charge on any atom is 0.339 e. The Morgan fingerprint density at radius 3 is 2.50 bits per heavy atom. The lowest BCUT2D eigenvalue weighted by molar-refractivity contribution is -0.153. The lowest BCUT2D eigenvalue weighted by Crippen LogP contribution is -2.38. The average molecular weight is 409 g/mol. The number of phenols is 1. The zero-order valence-corrected chi connectivity index (χ0v) is 17.3. The van der Waals surface area contributed by atoms with E-state index in [9.17, 15) is 14.7 Å². The van der Waals surface area contributed by atoms with Gasteiger partial charge >= 0.3 is 5.97 Å². The van der Waals surface area contributed by atoms with Gasteiger partial charge in [-0.3, -0.25) is 4.79 Å². The summed E-state index contributed by atoms with van der Waals surface area (Å²) in [5, 5.41) is 9.93.